The third kappa shape index (κ3) is 4.09. The monoisotopic (exact) mass is 355 g/mol. The first-order chi connectivity index (χ1) is 12.6. The molecule has 26 heavy (non-hydrogen) atoms. The van der Waals surface area contributed by atoms with Crippen molar-refractivity contribution in [3.63, 3.8) is 0 Å². The third-order valence-corrected chi connectivity index (χ3v) is 5.28. The number of carbonyl (C=O) groups is 2. The van der Waals surface area contributed by atoms with E-state index in [1.54, 1.807) is 0 Å². The molecule has 1 saturated heterocycles. The number of unbranched alkanes of at least 4 members (excludes halogenated alkanes) is 1. The lowest BCUT2D eigenvalue weighted by Gasteiger charge is -2.25. The average Bonchev–Trinajstić information content (AvgIpc) is 3.32. The predicted octanol–water partition coefficient (Wildman–Crippen LogP) is 4.19. The van der Waals surface area contributed by atoms with Crippen LogP contribution in [0.25, 0.3) is 0 Å². The highest BCUT2D eigenvalue weighted by atomic mass is 16.2. The summed E-state index contributed by atoms with van der Waals surface area (Å²) in [5.74, 6) is 0.0897. The van der Waals surface area contributed by atoms with Gasteiger partial charge in [-0.25, -0.2) is 4.79 Å². The van der Waals surface area contributed by atoms with Crippen LogP contribution in [0.15, 0.2) is 30.4 Å². The van der Waals surface area contributed by atoms with Crippen molar-refractivity contribution in [1.82, 2.24) is 9.80 Å². The lowest BCUT2D eigenvalue weighted by Crippen LogP contribution is -2.39. The molecule has 3 amide bonds. The minimum atomic E-state index is -0.0715. The highest BCUT2D eigenvalue weighted by Crippen LogP contribution is 2.22. The molecule has 2 aliphatic rings. The zero-order valence-corrected chi connectivity index (χ0v) is 15.8. The number of aryl methyl sites for hydroxylation is 1. The summed E-state index contributed by atoms with van der Waals surface area (Å²) in [5, 5.41) is 3.02. The van der Waals surface area contributed by atoms with Crippen molar-refractivity contribution in [3.8, 4) is 0 Å². The Labute approximate surface area is 156 Å². The van der Waals surface area contributed by atoms with E-state index < -0.39 is 0 Å². The summed E-state index contributed by atoms with van der Waals surface area (Å²) in [4.78, 5) is 29.0. The van der Waals surface area contributed by atoms with Crippen molar-refractivity contribution in [3.05, 3.63) is 41.5 Å². The maximum atomic E-state index is 12.7. The molecule has 1 aromatic rings. The molecule has 0 bridgehead atoms. The number of rotatable bonds is 5. The Morgan fingerprint density at radius 3 is 2.69 bits per heavy atom. The second kappa shape index (κ2) is 8.39. The number of amides is 3. The maximum Gasteiger partial charge on any atom is 0.322 e. The van der Waals surface area contributed by atoms with Gasteiger partial charge in [0.1, 0.15) is 0 Å². The molecule has 140 valence electrons. The van der Waals surface area contributed by atoms with Crippen molar-refractivity contribution >= 4 is 17.6 Å². The van der Waals surface area contributed by atoms with Crippen LogP contribution in [0.1, 0.15) is 54.9 Å². The standard InChI is InChI=1S/C21H29N3O2/c1-3-4-8-18-9-7-14-24(18)21(26)22-19-11-10-17(15-16(19)2)20(25)23-12-5-6-13-23/h7,9-11,15,18H,3-6,8,12-14H2,1-2H3,(H,22,26)/t18-/m1/s1. The van der Waals surface area contributed by atoms with Gasteiger partial charge < -0.3 is 15.1 Å². The van der Waals surface area contributed by atoms with Crippen LogP contribution < -0.4 is 5.32 Å². The van der Waals surface area contributed by atoms with Gasteiger partial charge >= 0.3 is 6.03 Å². The first kappa shape index (κ1) is 18.5. The van der Waals surface area contributed by atoms with E-state index in [0.29, 0.717) is 12.1 Å². The highest BCUT2D eigenvalue weighted by Gasteiger charge is 2.25. The van der Waals surface area contributed by atoms with Gasteiger partial charge in [-0.05, 0) is 49.9 Å². The number of nitrogens with zero attached hydrogens (tertiary/aromatic N) is 2. The average molecular weight is 355 g/mol. The predicted molar refractivity (Wildman–Crippen MR) is 104 cm³/mol. The molecule has 0 radical (unpaired) electrons. The summed E-state index contributed by atoms with van der Waals surface area (Å²) >= 11 is 0. The van der Waals surface area contributed by atoms with Gasteiger partial charge in [-0.3, -0.25) is 4.79 Å². The van der Waals surface area contributed by atoms with Crippen LogP contribution >= 0.6 is 0 Å². The topological polar surface area (TPSA) is 52.7 Å². The fourth-order valence-corrected chi connectivity index (χ4v) is 3.70. The Hall–Kier alpha value is -2.30. The van der Waals surface area contributed by atoms with Gasteiger partial charge in [0.05, 0.1) is 6.04 Å². The first-order valence-corrected chi connectivity index (χ1v) is 9.74. The van der Waals surface area contributed by atoms with E-state index in [9.17, 15) is 9.59 Å². The van der Waals surface area contributed by atoms with Crippen LogP contribution in [-0.4, -0.2) is 47.4 Å². The molecule has 1 N–H and O–H groups in total. The Kier molecular flexibility index (Phi) is 5.96. The molecule has 2 aliphatic heterocycles. The summed E-state index contributed by atoms with van der Waals surface area (Å²) in [5.41, 5.74) is 2.39. The van der Waals surface area contributed by atoms with Gasteiger partial charge in [0.25, 0.3) is 5.91 Å². The molecular weight excluding hydrogens is 326 g/mol. The van der Waals surface area contributed by atoms with Gasteiger partial charge in [0.2, 0.25) is 0 Å². The molecule has 3 rings (SSSR count). The van der Waals surface area contributed by atoms with Gasteiger partial charge in [-0.1, -0.05) is 31.9 Å². The molecule has 1 aromatic carbocycles. The number of hydrogen-bond donors (Lipinski definition) is 1. The van der Waals surface area contributed by atoms with E-state index in [0.717, 1.165) is 56.4 Å². The van der Waals surface area contributed by atoms with E-state index in [4.69, 9.17) is 0 Å². The van der Waals surface area contributed by atoms with Gasteiger partial charge in [-0.15, -0.1) is 0 Å². The van der Waals surface area contributed by atoms with Gasteiger partial charge in [0, 0.05) is 30.9 Å². The second-order valence-corrected chi connectivity index (χ2v) is 7.25. The highest BCUT2D eigenvalue weighted by molar-refractivity contribution is 5.96. The van der Waals surface area contributed by atoms with Crippen molar-refractivity contribution in [1.29, 1.82) is 0 Å². The Morgan fingerprint density at radius 2 is 2.00 bits per heavy atom. The van der Waals surface area contributed by atoms with Crippen LogP contribution in [0, 0.1) is 6.92 Å². The number of urea groups is 1. The minimum Gasteiger partial charge on any atom is -0.339 e. The Balaban J connectivity index is 1.64. The Morgan fingerprint density at radius 1 is 1.23 bits per heavy atom. The lowest BCUT2D eigenvalue weighted by atomic mass is 10.1. The molecule has 0 aromatic heterocycles. The molecule has 1 atom stereocenters. The third-order valence-electron chi connectivity index (χ3n) is 5.28. The zero-order chi connectivity index (χ0) is 18.5. The summed E-state index contributed by atoms with van der Waals surface area (Å²) < 4.78 is 0. The van der Waals surface area contributed by atoms with Crippen LogP contribution in [0.4, 0.5) is 10.5 Å². The number of anilines is 1. The van der Waals surface area contributed by atoms with E-state index in [1.165, 1.54) is 0 Å². The molecule has 0 aliphatic carbocycles. The Bertz CT molecular complexity index is 692. The number of hydrogen-bond acceptors (Lipinski definition) is 2. The molecule has 2 heterocycles. The molecule has 0 unspecified atom stereocenters. The molecular formula is C21H29N3O2. The van der Waals surface area contributed by atoms with Crippen molar-refractivity contribution < 1.29 is 9.59 Å². The molecule has 0 spiro atoms. The van der Waals surface area contributed by atoms with Gasteiger partial charge in [0.15, 0.2) is 0 Å². The SMILES string of the molecule is CCCC[C@@H]1C=CCN1C(=O)Nc1ccc(C(=O)N2CCCC2)cc1C. The molecule has 1 fully saturated rings. The lowest BCUT2D eigenvalue weighted by molar-refractivity contribution is 0.0792. The maximum absolute atomic E-state index is 12.7. The van der Waals surface area contributed by atoms with Crippen LogP contribution in [0.5, 0.6) is 0 Å². The van der Waals surface area contributed by atoms with Crippen molar-refractivity contribution in [2.75, 3.05) is 25.0 Å². The van der Waals surface area contributed by atoms with Crippen molar-refractivity contribution in [2.45, 2.75) is 52.0 Å². The molecule has 5 heteroatoms. The fraction of sp³-hybridized carbons (Fsp3) is 0.524. The summed E-state index contributed by atoms with van der Waals surface area (Å²) in [6, 6.07) is 5.66. The smallest absolute Gasteiger partial charge is 0.322 e. The first-order valence-electron chi connectivity index (χ1n) is 9.74. The van der Waals surface area contributed by atoms with Crippen LogP contribution in [0.3, 0.4) is 0 Å². The summed E-state index contributed by atoms with van der Waals surface area (Å²) in [6.45, 7) is 6.45. The summed E-state index contributed by atoms with van der Waals surface area (Å²) in [6.07, 6.45) is 9.60. The number of nitrogens with one attached hydrogen (secondary N) is 1. The fourth-order valence-electron chi connectivity index (χ4n) is 3.70. The summed E-state index contributed by atoms with van der Waals surface area (Å²) in [7, 11) is 0. The van der Waals surface area contributed by atoms with E-state index in [1.807, 2.05) is 34.9 Å². The number of likely N-dealkylation sites (tertiary alicyclic amines) is 1. The normalized spacial score (nSPS) is 19.2. The van der Waals surface area contributed by atoms with E-state index >= 15 is 0 Å². The quantitative estimate of drug-likeness (QED) is 0.805. The van der Waals surface area contributed by atoms with Crippen LogP contribution in [0.2, 0.25) is 0 Å². The van der Waals surface area contributed by atoms with Crippen molar-refractivity contribution in [2.24, 2.45) is 0 Å². The molecule has 5 nitrogen and oxygen atoms in total. The van der Waals surface area contributed by atoms with E-state index in [-0.39, 0.29) is 18.0 Å². The number of benzene rings is 1. The number of carbonyl (C=O) groups excluding carboxylic acids is 2. The van der Waals surface area contributed by atoms with Gasteiger partial charge in [-0.2, -0.15) is 0 Å². The molecule has 0 saturated carbocycles. The second-order valence-electron chi connectivity index (χ2n) is 7.25. The minimum absolute atomic E-state index is 0.0715. The van der Waals surface area contributed by atoms with Crippen LogP contribution in [-0.2, 0) is 0 Å². The zero-order valence-electron chi connectivity index (χ0n) is 15.8. The van der Waals surface area contributed by atoms with E-state index in [2.05, 4.69) is 24.4 Å². The largest absolute Gasteiger partial charge is 0.339 e.